The fraction of sp³-hybridized carbons (Fsp3) is 0.250. The molecule has 1 saturated heterocycles. The molecule has 5 rings (SSSR count). The molecular weight excluding hydrogens is 407 g/mol. The Kier molecular flexibility index (Phi) is 5.49. The highest BCUT2D eigenvalue weighted by molar-refractivity contribution is 5.94. The number of carbonyl (C=O) groups excluding carboxylic acids is 1. The molecule has 32 heavy (non-hydrogen) atoms. The van der Waals surface area contributed by atoms with Crippen molar-refractivity contribution in [2.75, 3.05) is 42.6 Å². The number of amides is 1. The van der Waals surface area contributed by atoms with Crippen LogP contribution in [0.1, 0.15) is 21.5 Å². The van der Waals surface area contributed by atoms with E-state index in [2.05, 4.69) is 24.8 Å². The van der Waals surface area contributed by atoms with Gasteiger partial charge in [-0.15, -0.1) is 0 Å². The summed E-state index contributed by atoms with van der Waals surface area (Å²) in [5, 5.41) is 0. The van der Waals surface area contributed by atoms with E-state index in [4.69, 9.17) is 0 Å². The van der Waals surface area contributed by atoms with E-state index in [1.165, 1.54) is 12.1 Å². The summed E-state index contributed by atoms with van der Waals surface area (Å²) in [6.07, 6.45) is 5.16. The van der Waals surface area contributed by atoms with E-state index in [0.29, 0.717) is 50.9 Å². The summed E-state index contributed by atoms with van der Waals surface area (Å²) in [5.41, 5.74) is 3.40. The topological polar surface area (TPSA) is 64.9 Å². The Morgan fingerprint density at radius 2 is 1.78 bits per heavy atom. The lowest BCUT2D eigenvalue weighted by molar-refractivity contribution is 0.0746. The first-order valence-corrected chi connectivity index (χ1v) is 10.6. The molecular formula is C24H23FN6O. The van der Waals surface area contributed by atoms with E-state index in [0.717, 1.165) is 16.8 Å². The molecule has 1 aromatic heterocycles. The first-order chi connectivity index (χ1) is 15.7. The molecule has 0 spiro atoms. The number of aromatic nitrogens is 2. The molecule has 2 aromatic carbocycles. The van der Waals surface area contributed by atoms with Crippen LogP contribution in [0.3, 0.4) is 0 Å². The summed E-state index contributed by atoms with van der Waals surface area (Å²) < 4.78 is 13.6. The second-order valence-electron chi connectivity index (χ2n) is 7.88. The third-order valence-electron chi connectivity index (χ3n) is 5.76. The van der Waals surface area contributed by atoms with Gasteiger partial charge in [-0.2, -0.15) is 0 Å². The van der Waals surface area contributed by atoms with Crippen LogP contribution in [0.5, 0.6) is 0 Å². The van der Waals surface area contributed by atoms with Gasteiger partial charge in [0.25, 0.3) is 5.91 Å². The van der Waals surface area contributed by atoms with Gasteiger partial charge in [0.05, 0.1) is 0 Å². The molecule has 0 N–H and O–H groups in total. The molecule has 1 fully saturated rings. The van der Waals surface area contributed by atoms with Gasteiger partial charge in [-0.3, -0.25) is 9.79 Å². The van der Waals surface area contributed by atoms with E-state index < -0.39 is 0 Å². The van der Waals surface area contributed by atoms with E-state index in [1.54, 1.807) is 30.7 Å². The minimum absolute atomic E-state index is 0.0274. The third kappa shape index (κ3) is 4.16. The van der Waals surface area contributed by atoms with Crippen molar-refractivity contribution >= 4 is 23.8 Å². The lowest BCUT2D eigenvalue weighted by Crippen LogP contribution is -2.49. The summed E-state index contributed by atoms with van der Waals surface area (Å²) in [4.78, 5) is 32.1. The van der Waals surface area contributed by atoms with Crippen molar-refractivity contribution in [3.63, 3.8) is 0 Å². The van der Waals surface area contributed by atoms with Gasteiger partial charge in [0.1, 0.15) is 12.5 Å². The van der Waals surface area contributed by atoms with Gasteiger partial charge >= 0.3 is 0 Å². The predicted octanol–water partition coefficient (Wildman–Crippen LogP) is 2.97. The number of benzene rings is 2. The molecule has 162 valence electrons. The maximum absolute atomic E-state index is 13.6. The molecule has 2 aliphatic heterocycles. The SMILES string of the molecule is O=C(c1cccc(CN2CN=Cc3cc(F)ccc32)c1)N1CCN(c2ncccn2)CC1. The number of rotatable bonds is 4. The number of nitrogens with zero attached hydrogens (tertiary/aromatic N) is 6. The minimum atomic E-state index is -0.274. The Morgan fingerprint density at radius 1 is 0.969 bits per heavy atom. The van der Waals surface area contributed by atoms with Crippen LogP contribution in [0.15, 0.2) is 65.9 Å². The maximum atomic E-state index is 13.6. The molecule has 0 saturated carbocycles. The normalized spacial score (nSPS) is 15.6. The third-order valence-corrected chi connectivity index (χ3v) is 5.76. The summed E-state index contributed by atoms with van der Waals surface area (Å²) >= 11 is 0. The van der Waals surface area contributed by atoms with Crippen LogP contribution in [-0.2, 0) is 6.54 Å². The fourth-order valence-electron chi connectivity index (χ4n) is 4.14. The first-order valence-electron chi connectivity index (χ1n) is 10.6. The Hall–Kier alpha value is -3.81. The largest absolute Gasteiger partial charge is 0.347 e. The molecule has 1 amide bonds. The van der Waals surface area contributed by atoms with Gasteiger partial charge in [-0.05, 0) is 42.0 Å². The molecule has 0 atom stereocenters. The highest BCUT2D eigenvalue weighted by Crippen LogP contribution is 2.25. The zero-order chi connectivity index (χ0) is 21.9. The minimum Gasteiger partial charge on any atom is -0.347 e. The zero-order valence-corrected chi connectivity index (χ0v) is 17.6. The summed E-state index contributed by atoms with van der Waals surface area (Å²) in [6.45, 7) is 3.75. The van der Waals surface area contributed by atoms with Crippen molar-refractivity contribution in [3.05, 3.63) is 83.4 Å². The molecule has 3 aromatic rings. The smallest absolute Gasteiger partial charge is 0.253 e. The average Bonchev–Trinajstić information content (AvgIpc) is 2.84. The molecule has 8 heteroatoms. The average molecular weight is 430 g/mol. The standard InChI is InChI=1S/C24H23FN6O/c25-21-5-6-22-20(14-21)15-26-17-31(22)16-18-3-1-4-19(13-18)23(32)29-9-11-30(12-10-29)24-27-7-2-8-28-24/h1-8,13-15H,9-12,16-17H2. The van der Waals surface area contributed by atoms with Gasteiger partial charge in [-0.25, -0.2) is 14.4 Å². The summed E-state index contributed by atoms with van der Waals surface area (Å²) in [7, 11) is 0. The van der Waals surface area contributed by atoms with Crippen LogP contribution in [-0.4, -0.2) is 59.8 Å². The second-order valence-corrected chi connectivity index (χ2v) is 7.88. The lowest BCUT2D eigenvalue weighted by atomic mass is 10.1. The van der Waals surface area contributed by atoms with E-state index >= 15 is 0 Å². The number of fused-ring (bicyclic) bond motifs is 1. The number of hydrogen-bond donors (Lipinski definition) is 0. The van der Waals surface area contributed by atoms with Crippen molar-refractivity contribution in [1.29, 1.82) is 0 Å². The fourth-order valence-corrected chi connectivity index (χ4v) is 4.14. The molecule has 0 bridgehead atoms. The van der Waals surface area contributed by atoms with Gasteiger partial charge in [0.2, 0.25) is 5.95 Å². The number of carbonyl (C=O) groups is 1. The van der Waals surface area contributed by atoms with E-state index in [1.807, 2.05) is 29.2 Å². The number of piperazine rings is 1. The molecule has 0 aliphatic carbocycles. The highest BCUT2D eigenvalue weighted by atomic mass is 19.1. The van der Waals surface area contributed by atoms with Gasteiger partial charge in [0.15, 0.2) is 0 Å². The van der Waals surface area contributed by atoms with Crippen LogP contribution in [0.2, 0.25) is 0 Å². The van der Waals surface area contributed by atoms with E-state index in [-0.39, 0.29) is 11.7 Å². The molecule has 0 unspecified atom stereocenters. The Bertz CT molecular complexity index is 1140. The summed E-state index contributed by atoms with van der Waals surface area (Å²) in [6, 6.07) is 14.2. The molecule has 0 radical (unpaired) electrons. The van der Waals surface area contributed by atoms with Crippen molar-refractivity contribution < 1.29 is 9.18 Å². The number of hydrogen-bond acceptors (Lipinski definition) is 6. The highest BCUT2D eigenvalue weighted by Gasteiger charge is 2.24. The maximum Gasteiger partial charge on any atom is 0.253 e. The number of anilines is 2. The zero-order valence-electron chi connectivity index (χ0n) is 17.6. The first kappa shape index (κ1) is 20.1. The van der Waals surface area contributed by atoms with Crippen molar-refractivity contribution in [2.24, 2.45) is 4.99 Å². The van der Waals surface area contributed by atoms with Gasteiger partial charge < -0.3 is 14.7 Å². The van der Waals surface area contributed by atoms with E-state index in [9.17, 15) is 9.18 Å². The molecule has 2 aliphatic rings. The van der Waals surface area contributed by atoms with Crippen LogP contribution in [0.4, 0.5) is 16.0 Å². The number of halogens is 1. The van der Waals surface area contributed by atoms with Gasteiger partial charge in [0, 0.05) is 68.1 Å². The van der Waals surface area contributed by atoms with Crippen LogP contribution >= 0.6 is 0 Å². The Morgan fingerprint density at radius 3 is 2.59 bits per heavy atom. The quantitative estimate of drug-likeness (QED) is 0.637. The van der Waals surface area contributed by atoms with Crippen molar-refractivity contribution in [3.8, 4) is 0 Å². The number of aliphatic imine (C=N–C) groups is 1. The lowest BCUT2D eigenvalue weighted by Gasteiger charge is -2.34. The van der Waals surface area contributed by atoms with Crippen molar-refractivity contribution in [2.45, 2.75) is 6.54 Å². The Labute approximate surface area is 185 Å². The van der Waals surface area contributed by atoms with Gasteiger partial charge in [-0.1, -0.05) is 12.1 Å². The Balaban J connectivity index is 1.26. The van der Waals surface area contributed by atoms with Crippen molar-refractivity contribution in [1.82, 2.24) is 14.9 Å². The van der Waals surface area contributed by atoms with Crippen LogP contribution < -0.4 is 9.80 Å². The van der Waals surface area contributed by atoms with Crippen LogP contribution in [0, 0.1) is 5.82 Å². The monoisotopic (exact) mass is 430 g/mol. The predicted molar refractivity (Wildman–Crippen MR) is 122 cm³/mol. The molecule has 3 heterocycles. The summed E-state index contributed by atoms with van der Waals surface area (Å²) in [5.74, 6) is 0.453. The van der Waals surface area contributed by atoms with Crippen LogP contribution in [0.25, 0.3) is 0 Å². The molecule has 7 nitrogen and oxygen atoms in total. The second kappa shape index (κ2) is 8.74.